The molecule has 0 aliphatic carbocycles. The van der Waals surface area contributed by atoms with Crippen molar-refractivity contribution in [2.45, 2.75) is 25.9 Å². The number of fused-ring (bicyclic) bond motifs is 1. The van der Waals surface area contributed by atoms with E-state index in [9.17, 15) is 4.79 Å². The Kier molecular flexibility index (Phi) is 3.91. The highest BCUT2D eigenvalue weighted by atomic mass is 16.1. The zero-order valence-corrected chi connectivity index (χ0v) is 12.2. The van der Waals surface area contributed by atoms with Crippen molar-refractivity contribution in [3.8, 4) is 0 Å². The molecule has 0 bridgehead atoms. The minimum absolute atomic E-state index is 0.0244. The second-order valence-electron chi connectivity index (χ2n) is 5.60. The molecule has 1 aliphatic heterocycles. The number of para-hydroxylation sites is 1. The summed E-state index contributed by atoms with van der Waals surface area (Å²) < 4.78 is 0. The lowest BCUT2D eigenvalue weighted by molar-refractivity contribution is -0.125. The topological polar surface area (TPSA) is 41.1 Å². The lowest BCUT2D eigenvalue weighted by atomic mass is 9.87. The molecule has 108 valence electrons. The van der Waals surface area contributed by atoms with Crippen LogP contribution in [0.15, 0.2) is 54.6 Å². The fourth-order valence-electron chi connectivity index (χ4n) is 2.83. The first-order valence-corrected chi connectivity index (χ1v) is 7.40. The third-order valence-corrected chi connectivity index (χ3v) is 4.09. The maximum atomic E-state index is 12.4. The van der Waals surface area contributed by atoms with Gasteiger partial charge >= 0.3 is 0 Å². The molecule has 3 nitrogen and oxygen atoms in total. The number of carbonyl (C=O) groups is 1. The summed E-state index contributed by atoms with van der Waals surface area (Å²) >= 11 is 0. The normalized spacial score (nSPS) is 20.2. The number of benzene rings is 2. The molecule has 2 aromatic carbocycles. The fourth-order valence-corrected chi connectivity index (χ4v) is 2.83. The zero-order chi connectivity index (χ0) is 14.7. The highest BCUT2D eigenvalue weighted by Crippen LogP contribution is 2.28. The molecule has 21 heavy (non-hydrogen) atoms. The highest BCUT2D eigenvalue weighted by molar-refractivity contribution is 5.81. The molecule has 1 heterocycles. The number of carbonyl (C=O) groups excluding carboxylic acids is 1. The minimum Gasteiger partial charge on any atom is -0.382 e. The molecule has 1 amide bonds. The Hall–Kier alpha value is -2.29. The van der Waals surface area contributed by atoms with Crippen LogP contribution in [0.5, 0.6) is 0 Å². The van der Waals surface area contributed by atoms with Crippen LogP contribution in [-0.4, -0.2) is 11.9 Å². The lowest BCUT2D eigenvalue weighted by Crippen LogP contribution is -2.43. The molecular weight excluding hydrogens is 260 g/mol. The first kappa shape index (κ1) is 13.7. The second-order valence-corrected chi connectivity index (χ2v) is 5.60. The molecule has 0 radical (unpaired) electrons. The van der Waals surface area contributed by atoms with E-state index in [1.807, 2.05) is 42.5 Å². The molecule has 2 aromatic rings. The van der Waals surface area contributed by atoms with Crippen LogP contribution in [-0.2, 0) is 17.8 Å². The molecule has 0 aromatic heterocycles. The number of rotatable bonds is 3. The average molecular weight is 280 g/mol. The molecule has 0 saturated heterocycles. The van der Waals surface area contributed by atoms with Gasteiger partial charge in [0.15, 0.2) is 0 Å². The number of anilines is 1. The maximum Gasteiger partial charge on any atom is 0.225 e. The van der Waals surface area contributed by atoms with Crippen LogP contribution in [0.1, 0.15) is 18.1 Å². The van der Waals surface area contributed by atoms with Crippen LogP contribution in [0, 0.1) is 5.92 Å². The van der Waals surface area contributed by atoms with E-state index in [1.165, 1.54) is 5.56 Å². The van der Waals surface area contributed by atoms with Crippen molar-refractivity contribution in [1.82, 2.24) is 5.32 Å². The zero-order valence-electron chi connectivity index (χ0n) is 12.2. The van der Waals surface area contributed by atoms with E-state index in [4.69, 9.17) is 0 Å². The SMILES string of the molecule is CC1Nc2ccccc2CC1C(=O)NCc1ccccc1. The third-order valence-electron chi connectivity index (χ3n) is 4.09. The van der Waals surface area contributed by atoms with E-state index in [2.05, 4.69) is 29.7 Å². The Morgan fingerprint density at radius 3 is 2.67 bits per heavy atom. The Balaban J connectivity index is 1.65. The molecule has 2 atom stereocenters. The fraction of sp³-hybridized carbons (Fsp3) is 0.278. The summed E-state index contributed by atoms with van der Waals surface area (Å²) in [6, 6.07) is 18.4. The lowest BCUT2D eigenvalue weighted by Gasteiger charge is -2.31. The number of amides is 1. The largest absolute Gasteiger partial charge is 0.382 e. The van der Waals surface area contributed by atoms with Crippen LogP contribution in [0.2, 0.25) is 0 Å². The number of hydrogen-bond donors (Lipinski definition) is 2. The monoisotopic (exact) mass is 280 g/mol. The molecule has 0 saturated carbocycles. The quantitative estimate of drug-likeness (QED) is 0.907. The summed E-state index contributed by atoms with van der Waals surface area (Å²) in [5.74, 6) is 0.0944. The molecule has 0 fully saturated rings. The van der Waals surface area contributed by atoms with Crippen LogP contribution in [0.4, 0.5) is 5.69 Å². The second kappa shape index (κ2) is 6.00. The molecule has 3 heteroatoms. The van der Waals surface area contributed by atoms with Gasteiger partial charge < -0.3 is 10.6 Å². The van der Waals surface area contributed by atoms with Crippen molar-refractivity contribution >= 4 is 11.6 Å². The standard InChI is InChI=1S/C18H20N2O/c1-13-16(11-15-9-5-6-10-17(15)20-13)18(21)19-12-14-7-3-2-4-8-14/h2-10,13,16,20H,11-12H2,1H3,(H,19,21). The molecule has 0 spiro atoms. The van der Waals surface area contributed by atoms with Crippen LogP contribution >= 0.6 is 0 Å². The van der Waals surface area contributed by atoms with Gasteiger partial charge in [-0.1, -0.05) is 48.5 Å². The Bertz CT molecular complexity index is 624. The van der Waals surface area contributed by atoms with Gasteiger partial charge in [0.25, 0.3) is 0 Å². The van der Waals surface area contributed by atoms with E-state index in [-0.39, 0.29) is 17.9 Å². The molecule has 3 rings (SSSR count). The first-order valence-electron chi connectivity index (χ1n) is 7.40. The van der Waals surface area contributed by atoms with Crippen molar-refractivity contribution in [3.63, 3.8) is 0 Å². The summed E-state index contributed by atoms with van der Waals surface area (Å²) in [4.78, 5) is 12.4. The molecular formula is C18H20N2O. The van der Waals surface area contributed by atoms with Crippen LogP contribution in [0.25, 0.3) is 0 Å². The minimum atomic E-state index is -0.0244. The predicted octanol–water partition coefficient (Wildman–Crippen LogP) is 2.98. The van der Waals surface area contributed by atoms with Gasteiger partial charge in [-0.3, -0.25) is 4.79 Å². The average Bonchev–Trinajstić information content (AvgIpc) is 2.53. The number of hydrogen-bond acceptors (Lipinski definition) is 2. The summed E-state index contributed by atoms with van der Waals surface area (Å²) in [5, 5.41) is 6.48. The van der Waals surface area contributed by atoms with Crippen molar-refractivity contribution in [1.29, 1.82) is 0 Å². The third kappa shape index (κ3) is 3.07. The number of nitrogens with one attached hydrogen (secondary N) is 2. The summed E-state index contributed by atoms with van der Waals surface area (Å²) in [7, 11) is 0. The molecule has 2 N–H and O–H groups in total. The smallest absolute Gasteiger partial charge is 0.225 e. The summed E-state index contributed by atoms with van der Waals surface area (Å²) in [6.07, 6.45) is 0.797. The summed E-state index contributed by atoms with van der Waals surface area (Å²) in [5.41, 5.74) is 3.50. The molecule has 1 aliphatic rings. The Labute approximate surface area is 125 Å². The van der Waals surface area contributed by atoms with Crippen molar-refractivity contribution in [3.05, 3.63) is 65.7 Å². The van der Waals surface area contributed by atoms with Gasteiger partial charge in [0.1, 0.15) is 0 Å². The maximum absolute atomic E-state index is 12.4. The van der Waals surface area contributed by atoms with Crippen molar-refractivity contribution < 1.29 is 4.79 Å². The highest BCUT2D eigenvalue weighted by Gasteiger charge is 2.30. The van der Waals surface area contributed by atoms with E-state index >= 15 is 0 Å². The first-order chi connectivity index (χ1) is 10.2. The van der Waals surface area contributed by atoms with Crippen molar-refractivity contribution in [2.24, 2.45) is 5.92 Å². The van der Waals surface area contributed by atoms with Gasteiger partial charge in [-0.2, -0.15) is 0 Å². The van der Waals surface area contributed by atoms with Gasteiger partial charge in [0.05, 0.1) is 5.92 Å². The summed E-state index contributed by atoms with van der Waals surface area (Å²) in [6.45, 7) is 2.66. The van der Waals surface area contributed by atoms with Gasteiger partial charge in [-0.15, -0.1) is 0 Å². The Morgan fingerprint density at radius 2 is 1.86 bits per heavy atom. The van der Waals surface area contributed by atoms with Crippen molar-refractivity contribution in [2.75, 3.05) is 5.32 Å². The van der Waals surface area contributed by atoms with Gasteiger partial charge in [-0.05, 0) is 30.5 Å². The van der Waals surface area contributed by atoms with Gasteiger partial charge in [0.2, 0.25) is 5.91 Å². The van der Waals surface area contributed by atoms with E-state index in [0.29, 0.717) is 6.54 Å². The van der Waals surface area contributed by atoms with E-state index in [0.717, 1.165) is 17.7 Å². The van der Waals surface area contributed by atoms with Crippen LogP contribution < -0.4 is 10.6 Å². The van der Waals surface area contributed by atoms with E-state index < -0.39 is 0 Å². The Morgan fingerprint density at radius 1 is 1.14 bits per heavy atom. The molecule has 2 unspecified atom stereocenters. The van der Waals surface area contributed by atoms with Crippen LogP contribution in [0.3, 0.4) is 0 Å². The van der Waals surface area contributed by atoms with E-state index in [1.54, 1.807) is 0 Å². The van der Waals surface area contributed by atoms with Gasteiger partial charge in [0, 0.05) is 18.3 Å². The predicted molar refractivity (Wildman–Crippen MR) is 85.0 cm³/mol. The van der Waals surface area contributed by atoms with Gasteiger partial charge in [-0.25, -0.2) is 0 Å².